The van der Waals surface area contributed by atoms with Crippen molar-refractivity contribution >= 4 is 21.6 Å². The third-order valence-corrected chi connectivity index (χ3v) is 7.15. The molecule has 1 heterocycles. The second-order valence-electron chi connectivity index (χ2n) is 7.67. The SMILES string of the molecule is Cc1cc(C)cc(N(CC(=O)NC2CCCC2)S(=O)(=O)c2c(C)n[nH]c2C)c1. The molecule has 1 aromatic heterocycles. The topological polar surface area (TPSA) is 95.2 Å². The maximum absolute atomic E-state index is 13.5. The highest BCUT2D eigenvalue weighted by molar-refractivity contribution is 7.93. The van der Waals surface area contributed by atoms with Crippen molar-refractivity contribution in [1.29, 1.82) is 0 Å². The summed E-state index contributed by atoms with van der Waals surface area (Å²) in [6.45, 7) is 6.88. The van der Waals surface area contributed by atoms with Gasteiger partial charge >= 0.3 is 0 Å². The zero-order valence-corrected chi connectivity index (χ0v) is 17.7. The Morgan fingerprint density at radius 1 is 1.14 bits per heavy atom. The lowest BCUT2D eigenvalue weighted by Crippen LogP contribution is -2.44. The molecule has 152 valence electrons. The number of hydrogen-bond acceptors (Lipinski definition) is 4. The average Bonchev–Trinajstić information content (AvgIpc) is 3.21. The summed E-state index contributed by atoms with van der Waals surface area (Å²) in [4.78, 5) is 12.8. The van der Waals surface area contributed by atoms with E-state index in [0.717, 1.165) is 36.8 Å². The van der Waals surface area contributed by atoms with Gasteiger partial charge in [-0.05, 0) is 63.8 Å². The number of aromatic nitrogens is 2. The van der Waals surface area contributed by atoms with E-state index >= 15 is 0 Å². The third-order valence-electron chi connectivity index (χ3n) is 5.11. The van der Waals surface area contributed by atoms with Crippen LogP contribution in [0.15, 0.2) is 23.1 Å². The summed E-state index contributed by atoms with van der Waals surface area (Å²) in [5, 5.41) is 9.74. The molecule has 1 aliphatic carbocycles. The second-order valence-corrected chi connectivity index (χ2v) is 9.47. The number of sulfonamides is 1. The summed E-state index contributed by atoms with van der Waals surface area (Å²) < 4.78 is 28.2. The fraction of sp³-hybridized carbons (Fsp3) is 0.500. The van der Waals surface area contributed by atoms with Gasteiger partial charge in [-0.2, -0.15) is 5.10 Å². The van der Waals surface area contributed by atoms with E-state index in [-0.39, 0.29) is 23.4 Å². The Hall–Kier alpha value is -2.35. The lowest BCUT2D eigenvalue weighted by molar-refractivity contribution is -0.120. The fourth-order valence-corrected chi connectivity index (χ4v) is 5.66. The molecule has 1 aliphatic rings. The number of hydrogen-bond donors (Lipinski definition) is 2. The van der Waals surface area contributed by atoms with Gasteiger partial charge in [0.05, 0.1) is 17.1 Å². The summed E-state index contributed by atoms with van der Waals surface area (Å²) in [6.07, 6.45) is 4.08. The van der Waals surface area contributed by atoms with Gasteiger partial charge in [0, 0.05) is 6.04 Å². The second kappa shape index (κ2) is 7.95. The van der Waals surface area contributed by atoms with E-state index in [9.17, 15) is 13.2 Å². The highest BCUT2D eigenvalue weighted by Gasteiger charge is 2.32. The van der Waals surface area contributed by atoms with Crippen molar-refractivity contribution in [2.75, 3.05) is 10.8 Å². The van der Waals surface area contributed by atoms with Gasteiger partial charge in [0.2, 0.25) is 5.91 Å². The average molecular weight is 405 g/mol. The molecule has 1 fully saturated rings. The molecule has 28 heavy (non-hydrogen) atoms. The van der Waals surface area contributed by atoms with Crippen LogP contribution in [0.5, 0.6) is 0 Å². The van der Waals surface area contributed by atoms with Crippen LogP contribution in [0, 0.1) is 27.7 Å². The maximum Gasteiger partial charge on any atom is 0.268 e. The van der Waals surface area contributed by atoms with Crippen LogP contribution in [-0.4, -0.2) is 37.1 Å². The van der Waals surface area contributed by atoms with Crippen molar-refractivity contribution in [3.05, 3.63) is 40.7 Å². The summed E-state index contributed by atoms with van der Waals surface area (Å²) in [6, 6.07) is 5.69. The van der Waals surface area contributed by atoms with Crippen molar-refractivity contribution in [3.63, 3.8) is 0 Å². The predicted octanol–water partition coefficient (Wildman–Crippen LogP) is 2.90. The lowest BCUT2D eigenvalue weighted by Gasteiger charge is -2.25. The minimum Gasteiger partial charge on any atom is -0.352 e. The molecular formula is C20H28N4O3S. The number of benzene rings is 1. The molecule has 2 N–H and O–H groups in total. The molecular weight excluding hydrogens is 376 g/mol. The van der Waals surface area contributed by atoms with Gasteiger partial charge in [-0.15, -0.1) is 0 Å². The number of H-pyrrole nitrogens is 1. The van der Waals surface area contributed by atoms with E-state index < -0.39 is 10.0 Å². The Bertz CT molecular complexity index is 936. The van der Waals surface area contributed by atoms with E-state index in [1.54, 1.807) is 26.0 Å². The van der Waals surface area contributed by atoms with Gasteiger partial charge in [0.15, 0.2) is 0 Å². The maximum atomic E-state index is 13.5. The molecule has 2 aromatic rings. The molecule has 7 nitrogen and oxygen atoms in total. The van der Waals surface area contributed by atoms with E-state index in [2.05, 4.69) is 15.5 Å². The predicted molar refractivity (Wildman–Crippen MR) is 109 cm³/mol. The standard InChI is InChI=1S/C20H28N4O3S/c1-13-9-14(2)11-18(10-13)24(12-19(25)21-17-7-5-6-8-17)28(26,27)20-15(3)22-23-16(20)4/h9-11,17H,5-8,12H2,1-4H3,(H,21,25)(H,22,23). The monoisotopic (exact) mass is 404 g/mol. The largest absolute Gasteiger partial charge is 0.352 e. The first-order valence-corrected chi connectivity index (χ1v) is 11.0. The quantitative estimate of drug-likeness (QED) is 0.774. The molecule has 3 rings (SSSR count). The normalized spacial score (nSPS) is 15.0. The van der Waals surface area contributed by atoms with Crippen LogP contribution >= 0.6 is 0 Å². The summed E-state index contributed by atoms with van der Waals surface area (Å²) >= 11 is 0. The number of nitrogens with zero attached hydrogens (tertiary/aromatic N) is 2. The fourth-order valence-electron chi connectivity index (χ4n) is 3.91. The summed E-state index contributed by atoms with van der Waals surface area (Å²) in [7, 11) is -3.96. The van der Waals surface area contributed by atoms with E-state index in [1.807, 2.05) is 19.9 Å². The lowest BCUT2D eigenvalue weighted by atomic mass is 10.1. The zero-order chi connectivity index (χ0) is 20.5. The number of aryl methyl sites for hydroxylation is 4. The number of aromatic amines is 1. The van der Waals surface area contributed by atoms with Crippen LogP contribution in [0.3, 0.4) is 0 Å². The summed E-state index contributed by atoms with van der Waals surface area (Å²) in [5.41, 5.74) is 3.21. The van der Waals surface area contributed by atoms with E-state index in [4.69, 9.17) is 0 Å². The van der Waals surface area contributed by atoms with Crippen molar-refractivity contribution in [2.45, 2.75) is 64.3 Å². The van der Waals surface area contributed by atoms with Crippen LogP contribution in [-0.2, 0) is 14.8 Å². The smallest absolute Gasteiger partial charge is 0.268 e. The molecule has 0 unspecified atom stereocenters. The number of carbonyl (C=O) groups is 1. The van der Waals surface area contributed by atoms with Crippen LogP contribution in [0.2, 0.25) is 0 Å². The van der Waals surface area contributed by atoms with Gasteiger partial charge < -0.3 is 5.32 Å². The van der Waals surface area contributed by atoms with Crippen LogP contribution < -0.4 is 9.62 Å². The number of amides is 1. The third kappa shape index (κ3) is 4.22. The van der Waals surface area contributed by atoms with Crippen LogP contribution in [0.4, 0.5) is 5.69 Å². The van der Waals surface area contributed by atoms with Gasteiger partial charge in [-0.25, -0.2) is 8.42 Å². The first-order valence-electron chi connectivity index (χ1n) is 9.60. The molecule has 1 aromatic carbocycles. The van der Waals surface area contributed by atoms with Gasteiger partial charge in [-0.1, -0.05) is 18.9 Å². The molecule has 0 bridgehead atoms. The van der Waals surface area contributed by atoms with Gasteiger partial charge in [-0.3, -0.25) is 14.2 Å². The van der Waals surface area contributed by atoms with Crippen LogP contribution in [0.1, 0.15) is 48.2 Å². The van der Waals surface area contributed by atoms with Crippen molar-refractivity contribution < 1.29 is 13.2 Å². The van der Waals surface area contributed by atoms with E-state index in [0.29, 0.717) is 17.1 Å². The Kier molecular flexibility index (Phi) is 5.79. The number of rotatable bonds is 6. The first-order chi connectivity index (χ1) is 13.2. The first kappa shape index (κ1) is 20.4. The minimum atomic E-state index is -3.96. The molecule has 0 radical (unpaired) electrons. The molecule has 0 atom stereocenters. The molecule has 0 saturated heterocycles. The molecule has 1 amide bonds. The highest BCUT2D eigenvalue weighted by atomic mass is 32.2. The minimum absolute atomic E-state index is 0.125. The Balaban J connectivity index is 2.00. The number of nitrogens with one attached hydrogen (secondary N) is 2. The Labute approximate surface area is 166 Å². The van der Waals surface area contributed by atoms with Gasteiger partial charge in [0.25, 0.3) is 10.0 Å². The van der Waals surface area contributed by atoms with E-state index in [1.165, 1.54) is 4.31 Å². The molecule has 8 heteroatoms. The molecule has 0 spiro atoms. The van der Waals surface area contributed by atoms with Crippen molar-refractivity contribution in [2.24, 2.45) is 0 Å². The van der Waals surface area contributed by atoms with Crippen molar-refractivity contribution in [1.82, 2.24) is 15.5 Å². The molecule has 0 aliphatic heterocycles. The number of carbonyl (C=O) groups excluding carboxylic acids is 1. The van der Waals surface area contributed by atoms with Gasteiger partial charge in [0.1, 0.15) is 11.4 Å². The zero-order valence-electron chi connectivity index (χ0n) is 16.9. The highest BCUT2D eigenvalue weighted by Crippen LogP contribution is 2.28. The Morgan fingerprint density at radius 3 is 2.29 bits per heavy atom. The molecule has 1 saturated carbocycles. The Morgan fingerprint density at radius 2 is 1.75 bits per heavy atom. The summed E-state index contributed by atoms with van der Waals surface area (Å²) in [5.74, 6) is -0.284. The number of anilines is 1. The van der Waals surface area contributed by atoms with Crippen molar-refractivity contribution in [3.8, 4) is 0 Å². The van der Waals surface area contributed by atoms with Crippen LogP contribution in [0.25, 0.3) is 0 Å².